The van der Waals surface area contributed by atoms with E-state index < -0.39 is 0 Å². The Bertz CT molecular complexity index is 747. The maximum atomic E-state index is 12.3. The Balaban J connectivity index is 1.86. The molecule has 1 amide bonds. The summed E-state index contributed by atoms with van der Waals surface area (Å²) in [6, 6.07) is 13.7. The summed E-state index contributed by atoms with van der Waals surface area (Å²) in [4.78, 5) is 13.8. The zero-order chi connectivity index (χ0) is 17.9. The molecule has 0 saturated heterocycles. The van der Waals surface area contributed by atoms with E-state index in [0.717, 1.165) is 5.69 Å². The molecule has 9 heteroatoms. The molecule has 0 spiro atoms. The molecule has 2 aromatic rings. The molecule has 0 bridgehead atoms. The van der Waals surface area contributed by atoms with Crippen molar-refractivity contribution in [3.8, 4) is 12.1 Å². The lowest BCUT2D eigenvalue weighted by molar-refractivity contribution is -0.128. The van der Waals surface area contributed by atoms with Gasteiger partial charge in [0.1, 0.15) is 0 Å². The number of carbonyl (C=O) groups excluding carboxylic acids is 1. The Morgan fingerprint density at radius 3 is 2.48 bits per heavy atom. The van der Waals surface area contributed by atoms with Gasteiger partial charge < -0.3 is 10.2 Å². The van der Waals surface area contributed by atoms with Crippen LogP contribution in [0.3, 0.4) is 0 Å². The van der Waals surface area contributed by atoms with Crippen molar-refractivity contribution in [2.75, 3.05) is 24.2 Å². The lowest BCUT2D eigenvalue weighted by Crippen LogP contribution is -2.34. The number of nitriles is 2. The minimum Gasteiger partial charge on any atom is -0.340 e. The Morgan fingerprint density at radius 2 is 1.84 bits per heavy atom. The summed E-state index contributed by atoms with van der Waals surface area (Å²) in [6.07, 6.45) is 0.511. The quantitative estimate of drug-likeness (QED) is 0.674. The topological polar surface area (TPSA) is 106 Å². The van der Waals surface area contributed by atoms with E-state index in [9.17, 15) is 4.79 Å². The summed E-state index contributed by atoms with van der Waals surface area (Å²) < 4.78 is 0.687. The number of hydrogen-bond donors (Lipinski definition) is 1. The summed E-state index contributed by atoms with van der Waals surface area (Å²) in [5.41, 5.74) is 0.922. The summed E-state index contributed by atoms with van der Waals surface area (Å²) in [5.74, 6) is 0.0971. The lowest BCUT2D eigenvalue weighted by Gasteiger charge is -2.19. The van der Waals surface area contributed by atoms with Gasteiger partial charge in [-0.05, 0) is 12.1 Å². The van der Waals surface area contributed by atoms with E-state index in [2.05, 4.69) is 15.5 Å². The van der Waals surface area contributed by atoms with Gasteiger partial charge in [-0.3, -0.25) is 4.79 Å². The number of para-hydroxylation sites is 1. The molecule has 0 atom stereocenters. The number of nitrogens with zero attached hydrogens (tertiary/aromatic N) is 5. The van der Waals surface area contributed by atoms with Crippen molar-refractivity contribution in [3.63, 3.8) is 0 Å². The van der Waals surface area contributed by atoms with Crippen molar-refractivity contribution in [1.29, 1.82) is 10.5 Å². The van der Waals surface area contributed by atoms with Crippen LogP contribution in [-0.4, -0.2) is 39.8 Å². The molecule has 7 nitrogen and oxygen atoms in total. The van der Waals surface area contributed by atoms with Crippen LogP contribution in [0.15, 0.2) is 34.7 Å². The Labute approximate surface area is 154 Å². The molecular weight excluding hydrogens is 356 g/mol. The first-order valence-corrected chi connectivity index (χ1v) is 9.33. The normalized spacial score (nSPS) is 9.84. The minimum atomic E-state index is -0.108. The number of carbonyl (C=O) groups is 1. The first-order chi connectivity index (χ1) is 12.2. The fraction of sp³-hybridized carbons (Fsp3) is 0.312. The second-order valence-electron chi connectivity index (χ2n) is 4.85. The van der Waals surface area contributed by atoms with E-state index >= 15 is 0 Å². The van der Waals surface area contributed by atoms with Crippen molar-refractivity contribution < 1.29 is 4.79 Å². The highest BCUT2D eigenvalue weighted by molar-refractivity contribution is 8.01. The summed E-state index contributed by atoms with van der Waals surface area (Å²) >= 11 is 2.67. The molecule has 25 heavy (non-hydrogen) atoms. The number of nitrogens with one attached hydrogen (secondary N) is 1. The molecule has 0 aliphatic heterocycles. The molecular formula is C16H16N6OS2. The van der Waals surface area contributed by atoms with Crippen LogP contribution >= 0.6 is 23.1 Å². The van der Waals surface area contributed by atoms with Crippen LogP contribution in [0.4, 0.5) is 10.8 Å². The third-order valence-corrected chi connectivity index (χ3v) is 5.05. The third-order valence-electron chi connectivity index (χ3n) is 3.09. The van der Waals surface area contributed by atoms with Gasteiger partial charge in [-0.15, -0.1) is 10.2 Å². The summed E-state index contributed by atoms with van der Waals surface area (Å²) in [7, 11) is 0. The number of rotatable bonds is 9. The smallest absolute Gasteiger partial charge is 0.233 e. The Hall–Kier alpha value is -2.62. The summed E-state index contributed by atoms with van der Waals surface area (Å²) in [5, 5.41) is 29.3. The molecule has 1 heterocycles. The Kier molecular flexibility index (Phi) is 7.70. The van der Waals surface area contributed by atoms with Gasteiger partial charge in [0.25, 0.3) is 0 Å². The molecule has 0 aliphatic rings. The molecule has 0 radical (unpaired) electrons. The van der Waals surface area contributed by atoms with Gasteiger partial charge in [0.2, 0.25) is 11.0 Å². The molecule has 2 rings (SSSR count). The molecule has 0 fully saturated rings. The highest BCUT2D eigenvalue weighted by atomic mass is 32.2. The van der Waals surface area contributed by atoms with E-state index in [1.165, 1.54) is 23.1 Å². The van der Waals surface area contributed by atoms with Crippen molar-refractivity contribution >= 4 is 39.8 Å². The fourth-order valence-corrected chi connectivity index (χ4v) is 3.58. The first kappa shape index (κ1) is 18.7. The van der Waals surface area contributed by atoms with Crippen LogP contribution in [0.2, 0.25) is 0 Å². The highest BCUT2D eigenvalue weighted by Crippen LogP contribution is 2.27. The van der Waals surface area contributed by atoms with Gasteiger partial charge in [0.15, 0.2) is 4.34 Å². The van der Waals surface area contributed by atoms with Gasteiger partial charge >= 0.3 is 0 Å². The van der Waals surface area contributed by atoms with Gasteiger partial charge in [0, 0.05) is 18.8 Å². The van der Waals surface area contributed by atoms with Crippen molar-refractivity contribution in [2.24, 2.45) is 0 Å². The lowest BCUT2D eigenvalue weighted by atomic mass is 10.3. The second kappa shape index (κ2) is 10.3. The largest absolute Gasteiger partial charge is 0.340 e. The van der Waals surface area contributed by atoms with Gasteiger partial charge in [-0.2, -0.15) is 10.5 Å². The van der Waals surface area contributed by atoms with Gasteiger partial charge in [-0.1, -0.05) is 41.3 Å². The first-order valence-electron chi connectivity index (χ1n) is 7.53. The average molecular weight is 372 g/mol. The molecule has 128 valence electrons. The van der Waals surface area contributed by atoms with Crippen molar-refractivity contribution in [2.45, 2.75) is 17.2 Å². The van der Waals surface area contributed by atoms with E-state index in [4.69, 9.17) is 10.5 Å². The molecule has 0 aliphatic carbocycles. The number of hydrogen-bond acceptors (Lipinski definition) is 8. The number of thioether (sulfide) groups is 1. The highest BCUT2D eigenvalue weighted by Gasteiger charge is 2.15. The zero-order valence-electron chi connectivity index (χ0n) is 13.4. The number of amides is 1. The summed E-state index contributed by atoms with van der Waals surface area (Å²) in [6.45, 7) is 0.684. The maximum absolute atomic E-state index is 12.3. The second-order valence-corrected chi connectivity index (χ2v) is 7.05. The minimum absolute atomic E-state index is 0.108. The molecule has 0 saturated carbocycles. The van der Waals surface area contributed by atoms with Crippen LogP contribution in [0.5, 0.6) is 0 Å². The van der Waals surface area contributed by atoms with Crippen LogP contribution < -0.4 is 5.32 Å². The van der Waals surface area contributed by atoms with E-state index in [-0.39, 0.29) is 24.5 Å². The third kappa shape index (κ3) is 6.42. The van der Waals surface area contributed by atoms with Gasteiger partial charge in [0.05, 0.1) is 30.7 Å². The van der Waals surface area contributed by atoms with E-state index in [0.29, 0.717) is 22.6 Å². The standard InChI is InChI=1S/C16H16N6OS2/c17-8-4-10-22(11-5-9-18)14(23)12-24-16-21-20-15(25-16)19-13-6-2-1-3-7-13/h1-3,6-7H,4-5,10-12H2,(H,19,20). The SMILES string of the molecule is N#CCCN(CCC#N)C(=O)CSc1nnc(Nc2ccccc2)s1. The Morgan fingerprint density at radius 1 is 1.16 bits per heavy atom. The molecule has 1 N–H and O–H groups in total. The van der Waals surface area contributed by atoms with Crippen LogP contribution in [0.25, 0.3) is 0 Å². The van der Waals surface area contributed by atoms with E-state index in [1.54, 1.807) is 4.90 Å². The fourth-order valence-electron chi connectivity index (χ4n) is 1.91. The van der Waals surface area contributed by atoms with Crippen molar-refractivity contribution in [1.82, 2.24) is 15.1 Å². The maximum Gasteiger partial charge on any atom is 0.233 e. The molecule has 1 aromatic heterocycles. The van der Waals surface area contributed by atoms with Crippen LogP contribution in [-0.2, 0) is 4.79 Å². The number of benzene rings is 1. The molecule has 0 unspecified atom stereocenters. The average Bonchev–Trinajstić information content (AvgIpc) is 3.08. The monoisotopic (exact) mass is 372 g/mol. The van der Waals surface area contributed by atoms with Crippen molar-refractivity contribution in [3.05, 3.63) is 30.3 Å². The van der Waals surface area contributed by atoms with E-state index in [1.807, 2.05) is 42.5 Å². The van der Waals surface area contributed by atoms with Crippen LogP contribution in [0.1, 0.15) is 12.8 Å². The number of anilines is 2. The van der Waals surface area contributed by atoms with Crippen LogP contribution in [0, 0.1) is 22.7 Å². The van der Waals surface area contributed by atoms with Gasteiger partial charge in [-0.25, -0.2) is 0 Å². The predicted molar refractivity (Wildman–Crippen MR) is 97.4 cm³/mol. The predicted octanol–water partition coefficient (Wildman–Crippen LogP) is 3.03. The molecule has 1 aromatic carbocycles. The number of aromatic nitrogens is 2. The zero-order valence-corrected chi connectivity index (χ0v) is 15.0.